The molecule has 8 nitrogen and oxygen atoms in total. The van der Waals surface area contributed by atoms with Crippen molar-refractivity contribution in [1.29, 1.82) is 0 Å². The number of rotatable bonds is 9. The van der Waals surface area contributed by atoms with Crippen LogP contribution in [-0.2, 0) is 11.3 Å². The Bertz CT molecular complexity index is 816. The van der Waals surface area contributed by atoms with Gasteiger partial charge in [0, 0.05) is 50.8 Å². The van der Waals surface area contributed by atoms with E-state index in [1.807, 2.05) is 30.0 Å². The predicted octanol–water partition coefficient (Wildman–Crippen LogP) is 3.00. The van der Waals surface area contributed by atoms with Gasteiger partial charge in [0.15, 0.2) is 5.96 Å². The number of halogens is 1. The molecule has 2 N–H and O–H groups in total. The van der Waals surface area contributed by atoms with Crippen LogP contribution >= 0.6 is 24.0 Å². The largest absolute Gasteiger partial charge is 0.379 e. The maximum Gasteiger partial charge on any atom is 0.191 e. The first kappa shape index (κ1) is 26.5. The summed E-state index contributed by atoms with van der Waals surface area (Å²) in [5.41, 5.74) is 1.07. The smallest absolute Gasteiger partial charge is 0.191 e. The van der Waals surface area contributed by atoms with Crippen LogP contribution in [-0.4, -0.2) is 70.8 Å². The molecule has 2 aromatic rings. The number of aliphatic imine (C=N–C) groups is 1. The van der Waals surface area contributed by atoms with Gasteiger partial charge >= 0.3 is 0 Å². The highest BCUT2D eigenvalue weighted by molar-refractivity contribution is 14.0. The van der Waals surface area contributed by atoms with E-state index in [1.165, 1.54) is 0 Å². The molecule has 1 fully saturated rings. The number of nitrogens with zero attached hydrogens (tertiary/aromatic N) is 5. The maximum absolute atomic E-state index is 5.54. The standard InChI is InChI=1S/C23H37N7O.HI/c1-5-24-23(28-17-21(14-18(2)3)29-10-12-31-13-11-29)27-16-20-6-7-22(26-15-20)30-9-8-25-19(30)4;/h6-9,15,18,21H,5,10-14,16-17H2,1-4H3,(H2,24,27,28);1H. The number of aryl methyl sites for hydroxylation is 1. The second-order valence-electron chi connectivity index (χ2n) is 8.38. The Labute approximate surface area is 209 Å². The lowest BCUT2D eigenvalue weighted by Crippen LogP contribution is -2.51. The molecule has 9 heteroatoms. The van der Waals surface area contributed by atoms with Gasteiger partial charge < -0.3 is 15.4 Å². The Morgan fingerprint density at radius 3 is 2.56 bits per heavy atom. The lowest BCUT2D eigenvalue weighted by atomic mass is 10.0. The molecule has 0 amide bonds. The van der Waals surface area contributed by atoms with Gasteiger partial charge in [-0.1, -0.05) is 19.9 Å². The molecule has 0 aromatic carbocycles. The van der Waals surface area contributed by atoms with E-state index in [-0.39, 0.29) is 24.0 Å². The Morgan fingerprint density at radius 2 is 1.97 bits per heavy atom. The highest BCUT2D eigenvalue weighted by atomic mass is 127. The van der Waals surface area contributed by atoms with Crippen LogP contribution in [0.2, 0.25) is 0 Å². The molecule has 1 saturated heterocycles. The first-order valence-corrected chi connectivity index (χ1v) is 11.4. The molecule has 0 bridgehead atoms. The fraction of sp³-hybridized carbons (Fsp3) is 0.609. The van der Waals surface area contributed by atoms with Crippen molar-refractivity contribution in [2.45, 2.75) is 46.7 Å². The maximum atomic E-state index is 5.54. The van der Waals surface area contributed by atoms with Crippen molar-refractivity contribution >= 4 is 29.9 Å². The van der Waals surface area contributed by atoms with Crippen molar-refractivity contribution in [2.75, 3.05) is 39.4 Å². The van der Waals surface area contributed by atoms with Gasteiger partial charge in [0.05, 0.1) is 19.8 Å². The van der Waals surface area contributed by atoms with E-state index >= 15 is 0 Å². The first-order valence-electron chi connectivity index (χ1n) is 11.4. The monoisotopic (exact) mass is 555 g/mol. The zero-order valence-electron chi connectivity index (χ0n) is 19.8. The minimum absolute atomic E-state index is 0. The Kier molecular flexibility index (Phi) is 11.4. The third-order valence-corrected chi connectivity index (χ3v) is 5.46. The van der Waals surface area contributed by atoms with Gasteiger partial charge in [0.2, 0.25) is 0 Å². The van der Waals surface area contributed by atoms with Crippen LogP contribution in [0, 0.1) is 12.8 Å². The summed E-state index contributed by atoms with van der Waals surface area (Å²) >= 11 is 0. The second kappa shape index (κ2) is 13.7. The lowest BCUT2D eigenvalue weighted by Gasteiger charge is -2.35. The molecule has 3 heterocycles. The number of hydrogen-bond acceptors (Lipinski definition) is 5. The first-order chi connectivity index (χ1) is 15.1. The molecule has 0 spiro atoms. The average Bonchev–Trinajstić information content (AvgIpc) is 3.21. The summed E-state index contributed by atoms with van der Waals surface area (Å²) in [4.78, 5) is 16.1. The number of guanidine groups is 1. The molecule has 0 aliphatic carbocycles. The molecule has 0 radical (unpaired) electrons. The molecule has 2 aromatic heterocycles. The molecule has 32 heavy (non-hydrogen) atoms. The molecule has 0 saturated carbocycles. The van der Waals surface area contributed by atoms with Crippen molar-refractivity contribution in [3.05, 3.63) is 42.1 Å². The van der Waals surface area contributed by atoms with Crippen LogP contribution in [0.5, 0.6) is 0 Å². The number of ether oxygens (including phenoxy) is 1. The Hall–Kier alpha value is -1.72. The summed E-state index contributed by atoms with van der Waals surface area (Å²) in [6, 6.07) is 4.56. The predicted molar refractivity (Wildman–Crippen MR) is 140 cm³/mol. The van der Waals surface area contributed by atoms with Gasteiger partial charge in [0.25, 0.3) is 0 Å². The van der Waals surface area contributed by atoms with E-state index in [4.69, 9.17) is 9.73 Å². The highest BCUT2D eigenvalue weighted by Gasteiger charge is 2.22. The fourth-order valence-corrected chi connectivity index (χ4v) is 3.85. The van der Waals surface area contributed by atoms with E-state index in [0.717, 1.165) is 69.0 Å². The lowest BCUT2D eigenvalue weighted by molar-refractivity contribution is 0.0132. The van der Waals surface area contributed by atoms with Gasteiger partial charge in [-0.3, -0.25) is 9.47 Å². The van der Waals surface area contributed by atoms with E-state index < -0.39 is 0 Å². The van der Waals surface area contributed by atoms with Crippen LogP contribution < -0.4 is 10.6 Å². The molecule has 1 aliphatic heterocycles. The number of morpholine rings is 1. The number of imidazole rings is 1. The summed E-state index contributed by atoms with van der Waals surface area (Å²) in [6.07, 6.45) is 6.75. The van der Waals surface area contributed by atoms with Gasteiger partial charge in [-0.05, 0) is 37.8 Å². The third-order valence-electron chi connectivity index (χ3n) is 5.46. The summed E-state index contributed by atoms with van der Waals surface area (Å²) < 4.78 is 7.51. The zero-order valence-corrected chi connectivity index (χ0v) is 22.1. The molecule has 1 atom stereocenters. The normalized spacial score (nSPS) is 16.0. The van der Waals surface area contributed by atoms with Crippen LogP contribution in [0.4, 0.5) is 0 Å². The zero-order chi connectivity index (χ0) is 22.1. The SMILES string of the molecule is CCNC(=NCc1ccc(-n2ccnc2C)nc1)NCC(CC(C)C)N1CCOCC1.I. The van der Waals surface area contributed by atoms with E-state index in [2.05, 4.69) is 52.3 Å². The van der Waals surface area contributed by atoms with Gasteiger partial charge in [-0.15, -0.1) is 24.0 Å². The van der Waals surface area contributed by atoms with Gasteiger partial charge in [-0.25, -0.2) is 15.0 Å². The average molecular weight is 556 g/mol. The summed E-state index contributed by atoms with van der Waals surface area (Å²) in [7, 11) is 0. The van der Waals surface area contributed by atoms with Crippen LogP contribution in [0.1, 0.15) is 38.6 Å². The van der Waals surface area contributed by atoms with Crippen LogP contribution in [0.25, 0.3) is 5.82 Å². The molecule has 1 aliphatic rings. The molecule has 178 valence electrons. The summed E-state index contributed by atoms with van der Waals surface area (Å²) in [5.74, 6) is 3.29. The van der Waals surface area contributed by atoms with Crippen LogP contribution in [0.3, 0.4) is 0 Å². The Morgan fingerprint density at radius 1 is 1.19 bits per heavy atom. The summed E-state index contributed by atoms with van der Waals surface area (Å²) in [5, 5.41) is 6.93. The topological polar surface area (TPSA) is 79.6 Å². The molecular formula is C23H38IN7O. The van der Waals surface area contributed by atoms with Crippen molar-refractivity contribution in [3.63, 3.8) is 0 Å². The summed E-state index contributed by atoms with van der Waals surface area (Å²) in [6.45, 7) is 14.6. The minimum atomic E-state index is 0. The third kappa shape index (κ3) is 8.00. The number of hydrogen-bond donors (Lipinski definition) is 2. The highest BCUT2D eigenvalue weighted by Crippen LogP contribution is 2.13. The van der Waals surface area contributed by atoms with Gasteiger partial charge in [-0.2, -0.15) is 0 Å². The van der Waals surface area contributed by atoms with Gasteiger partial charge in [0.1, 0.15) is 11.6 Å². The minimum Gasteiger partial charge on any atom is -0.379 e. The number of pyridine rings is 1. The van der Waals surface area contributed by atoms with Crippen molar-refractivity contribution in [1.82, 2.24) is 30.1 Å². The fourth-order valence-electron chi connectivity index (χ4n) is 3.85. The van der Waals surface area contributed by atoms with Crippen LogP contribution in [0.15, 0.2) is 35.7 Å². The second-order valence-corrected chi connectivity index (χ2v) is 8.38. The Balaban J connectivity index is 0.00000363. The van der Waals surface area contributed by atoms with Crippen molar-refractivity contribution in [3.8, 4) is 5.82 Å². The van der Waals surface area contributed by atoms with E-state index in [0.29, 0.717) is 18.5 Å². The number of nitrogens with one attached hydrogen (secondary N) is 2. The van der Waals surface area contributed by atoms with E-state index in [9.17, 15) is 0 Å². The molecule has 1 unspecified atom stereocenters. The molecule has 3 rings (SSSR count). The van der Waals surface area contributed by atoms with Crippen molar-refractivity contribution < 1.29 is 4.74 Å². The quantitative estimate of drug-likeness (QED) is 0.282. The van der Waals surface area contributed by atoms with E-state index in [1.54, 1.807) is 6.20 Å². The molecular weight excluding hydrogens is 517 g/mol. The van der Waals surface area contributed by atoms with Crippen molar-refractivity contribution in [2.24, 2.45) is 10.9 Å². The number of aromatic nitrogens is 3.